The van der Waals surface area contributed by atoms with Gasteiger partial charge in [-0.15, -0.1) is 5.10 Å². The van der Waals surface area contributed by atoms with Gasteiger partial charge in [0, 0.05) is 5.56 Å². The Morgan fingerprint density at radius 2 is 1.71 bits per heavy atom. The smallest absolute Gasteiger partial charge is 0.240 e. The molecule has 0 saturated carbocycles. The van der Waals surface area contributed by atoms with Crippen LogP contribution in [0.25, 0.3) is 17.1 Å². The lowest BCUT2D eigenvalue weighted by Crippen LogP contribution is -2.00. The average molecular weight is 275 g/mol. The number of nitrogens with zero attached hydrogens (tertiary/aromatic N) is 4. The number of benzene rings is 2. The van der Waals surface area contributed by atoms with Crippen LogP contribution in [0.3, 0.4) is 0 Å². The Morgan fingerprint density at radius 3 is 2.33 bits per heavy atom. The van der Waals surface area contributed by atoms with E-state index in [1.165, 1.54) is 5.56 Å². The van der Waals surface area contributed by atoms with Crippen molar-refractivity contribution in [1.29, 1.82) is 5.26 Å². The summed E-state index contributed by atoms with van der Waals surface area (Å²) in [6.45, 7) is 2.03. The summed E-state index contributed by atoms with van der Waals surface area (Å²) in [5, 5.41) is 13.1. The number of anilines is 1. The van der Waals surface area contributed by atoms with Gasteiger partial charge in [0.15, 0.2) is 5.82 Å². The minimum absolute atomic E-state index is 0.218. The lowest BCUT2D eigenvalue weighted by Gasteiger charge is -2.06. The van der Waals surface area contributed by atoms with Gasteiger partial charge in [-0.2, -0.15) is 10.2 Å². The molecule has 0 atom stereocenters. The van der Waals surface area contributed by atoms with E-state index in [1.807, 2.05) is 43.3 Å². The largest absolute Gasteiger partial charge is 0.366 e. The number of hydrogen-bond donors (Lipinski definition) is 1. The normalized spacial score (nSPS) is 10.3. The van der Waals surface area contributed by atoms with E-state index < -0.39 is 0 Å². The van der Waals surface area contributed by atoms with E-state index in [0.717, 1.165) is 11.3 Å². The SMILES string of the molecule is Cc1ccc(-n2nc(N)nc2-c2ccc(C#N)cc2)cc1. The molecule has 0 fully saturated rings. The van der Waals surface area contributed by atoms with Crippen molar-refractivity contribution in [1.82, 2.24) is 14.8 Å². The molecule has 5 nitrogen and oxygen atoms in total. The molecule has 21 heavy (non-hydrogen) atoms. The van der Waals surface area contributed by atoms with Crippen molar-refractivity contribution < 1.29 is 0 Å². The Kier molecular flexibility index (Phi) is 3.13. The Hall–Kier alpha value is -3.13. The molecule has 1 aromatic heterocycles. The number of rotatable bonds is 2. The Bertz CT molecular complexity index is 807. The Morgan fingerprint density at radius 1 is 1.05 bits per heavy atom. The second-order valence-electron chi connectivity index (χ2n) is 4.73. The van der Waals surface area contributed by atoms with Crippen LogP contribution in [-0.2, 0) is 0 Å². The maximum absolute atomic E-state index is 8.86. The third kappa shape index (κ3) is 2.47. The van der Waals surface area contributed by atoms with Gasteiger partial charge < -0.3 is 5.73 Å². The Labute approximate surface area is 122 Å². The van der Waals surface area contributed by atoms with Crippen molar-refractivity contribution in [2.45, 2.75) is 6.92 Å². The highest BCUT2D eigenvalue weighted by Gasteiger charge is 2.12. The summed E-state index contributed by atoms with van der Waals surface area (Å²) < 4.78 is 1.70. The zero-order chi connectivity index (χ0) is 14.8. The van der Waals surface area contributed by atoms with Crippen LogP contribution < -0.4 is 5.73 Å². The molecule has 5 heteroatoms. The summed E-state index contributed by atoms with van der Waals surface area (Å²) in [6.07, 6.45) is 0. The van der Waals surface area contributed by atoms with E-state index >= 15 is 0 Å². The predicted molar refractivity (Wildman–Crippen MR) is 80.7 cm³/mol. The van der Waals surface area contributed by atoms with Crippen LogP contribution in [0.2, 0.25) is 0 Å². The van der Waals surface area contributed by atoms with Crippen LogP contribution in [0, 0.1) is 18.3 Å². The number of nitriles is 1. The van der Waals surface area contributed by atoms with E-state index in [0.29, 0.717) is 11.4 Å². The number of nitrogen functional groups attached to an aromatic ring is 1. The maximum Gasteiger partial charge on any atom is 0.240 e. The minimum Gasteiger partial charge on any atom is -0.366 e. The van der Waals surface area contributed by atoms with Crippen molar-refractivity contribution in [2.24, 2.45) is 0 Å². The van der Waals surface area contributed by atoms with Crippen LogP contribution in [0.5, 0.6) is 0 Å². The second-order valence-corrected chi connectivity index (χ2v) is 4.73. The molecule has 3 rings (SSSR count). The Balaban J connectivity index is 2.10. The molecule has 0 spiro atoms. The van der Waals surface area contributed by atoms with Crippen LogP contribution in [0.15, 0.2) is 48.5 Å². The predicted octanol–water partition coefficient (Wildman–Crippen LogP) is 2.70. The molecular weight excluding hydrogens is 262 g/mol. The topological polar surface area (TPSA) is 80.5 Å². The van der Waals surface area contributed by atoms with E-state index in [4.69, 9.17) is 11.0 Å². The zero-order valence-corrected chi connectivity index (χ0v) is 11.5. The van der Waals surface area contributed by atoms with Gasteiger partial charge in [-0.1, -0.05) is 17.7 Å². The molecule has 2 N–H and O–H groups in total. The highest BCUT2D eigenvalue weighted by molar-refractivity contribution is 5.60. The van der Waals surface area contributed by atoms with Gasteiger partial charge in [0.25, 0.3) is 0 Å². The van der Waals surface area contributed by atoms with E-state index in [1.54, 1.807) is 16.8 Å². The van der Waals surface area contributed by atoms with Crippen LogP contribution in [0.4, 0.5) is 5.95 Å². The molecule has 0 amide bonds. The lowest BCUT2D eigenvalue weighted by atomic mass is 10.1. The zero-order valence-electron chi connectivity index (χ0n) is 11.5. The first-order chi connectivity index (χ1) is 10.2. The summed E-state index contributed by atoms with van der Waals surface area (Å²) in [7, 11) is 0. The van der Waals surface area contributed by atoms with Gasteiger partial charge >= 0.3 is 0 Å². The van der Waals surface area contributed by atoms with Gasteiger partial charge in [-0.05, 0) is 43.3 Å². The fourth-order valence-electron chi connectivity index (χ4n) is 2.07. The molecule has 1 heterocycles. The fourth-order valence-corrected chi connectivity index (χ4v) is 2.07. The molecule has 0 saturated heterocycles. The molecule has 102 valence electrons. The first kappa shape index (κ1) is 12.9. The van der Waals surface area contributed by atoms with Crippen LogP contribution >= 0.6 is 0 Å². The molecule has 0 aliphatic rings. The lowest BCUT2D eigenvalue weighted by molar-refractivity contribution is 0.891. The summed E-state index contributed by atoms with van der Waals surface area (Å²) >= 11 is 0. The summed E-state index contributed by atoms with van der Waals surface area (Å²) in [4.78, 5) is 4.28. The second kappa shape index (κ2) is 5.10. The highest BCUT2D eigenvalue weighted by atomic mass is 15.4. The third-order valence-corrected chi connectivity index (χ3v) is 3.17. The third-order valence-electron chi connectivity index (χ3n) is 3.17. The number of aryl methyl sites for hydroxylation is 1. The standard InChI is InChI=1S/C16H13N5/c1-11-2-8-14(9-3-11)21-15(19-16(18)20-21)13-6-4-12(10-17)5-7-13/h2-9H,1H3,(H2,18,20). The van der Waals surface area contributed by atoms with Gasteiger partial charge in [0.2, 0.25) is 5.95 Å². The quantitative estimate of drug-likeness (QED) is 0.779. The van der Waals surface area contributed by atoms with Crippen molar-refractivity contribution in [3.8, 4) is 23.1 Å². The molecular formula is C16H13N5. The molecule has 3 aromatic rings. The van der Waals surface area contributed by atoms with Crippen molar-refractivity contribution in [3.05, 3.63) is 59.7 Å². The minimum atomic E-state index is 0.218. The molecule has 0 bridgehead atoms. The van der Waals surface area contributed by atoms with E-state index in [2.05, 4.69) is 16.2 Å². The van der Waals surface area contributed by atoms with Gasteiger partial charge in [0.05, 0.1) is 17.3 Å². The molecule has 0 radical (unpaired) electrons. The first-order valence-corrected chi connectivity index (χ1v) is 6.47. The van der Waals surface area contributed by atoms with Gasteiger partial charge in [-0.3, -0.25) is 0 Å². The molecule has 0 aliphatic carbocycles. The van der Waals surface area contributed by atoms with Crippen LogP contribution in [-0.4, -0.2) is 14.8 Å². The van der Waals surface area contributed by atoms with Crippen molar-refractivity contribution in [2.75, 3.05) is 5.73 Å². The number of nitrogens with two attached hydrogens (primary N) is 1. The van der Waals surface area contributed by atoms with Crippen molar-refractivity contribution >= 4 is 5.95 Å². The highest BCUT2D eigenvalue weighted by Crippen LogP contribution is 2.22. The summed E-state index contributed by atoms with van der Waals surface area (Å²) in [5.41, 5.74) is 9.28. The van der Waals surface area contributed by atoms with Crippen molar-refractivity contribution in [3.63, 3.8) is 0 Å². The first-order valence-electron chi connectivity index (χ1n) is 6.47. The van der Waals surface area contributed by atoms with Gasteiger partial charge in [-0.25, -0.2) is 4.68 Å². The summed E-state index contributed by atoms with van der Waals surface area (Å²) in [6, 6.07) is 17.2. The molecule has 0 aliphatic heterocycles. The maximum atomic E-state index is 8.86. The molecule has 0 unspecified atom stereocenters. The van der Waals surface area contributed by atoms with Gasteiger partial charge in [0.1, 0.15) is 0 Å². The van der Waals surface area contributed by atoms with E-state index in [9.17, 15) is 0 Å². The number of hydrogen-bond acceptors (Lipinski definition) is 4. The summed E-state index contributed by atoms with van der Waals surface area (Å²) in [5.74, 6) is 0.871. The van der Waals surface area contributed by atoms with E-state index in [-0.39, 0.29) is 5.95 Å². The number of aromatic nitrogens is 3. The fraction of sp³-hybridized carbons (Fsp3) is 0.0625. The van der Waals surface area contributed by atoms with Crippen LogP contribution in [0.1, 0.15) is 11.1 Å². The molecule has 2 aromatic carbocycles. The monoisotopic (exact) mass is 275 g/mol. The average Bonchev–Trinajstić information content (AvgIpc) is 2.90.